The summed E-state index contributed by atoms with van der Waals surface area (Å²) >= 11 is 0. The monoisotopic (exact) mass is 385 g/mol. The van der Waals surface area contributed by atoms with Gasteiger partial charge in [-0.25, -0.2) is 4.98 Å². The number of pyridine rings is 3. The summed E-state index contributed by atoms with van der Waals surface area (Å²) < 4.78 is 1.94. The highest BCUT2D eigenvalue weighted by Crippen LogP contribution is 2.29. The zero-order chi connectivity index (χ0) is 19.8. The summed E-state index contributed by atoms with van der Waals surface area (Å²) in [6, 6.07) is 13.4. The normalized spacial score (nSPS) is 15.2. The minimum atomic E-state index is 0.0445. The van der Waals surface area contributed by atoms with Crippen LogP contribution in [0.25, 0.3) is 32.9 Å². The Labute approximate surface area is 168 Å². The maximum absolute atomic E-state index is 12.8. The van der Waals surface area contributed by atoms with Crippen molar-refractivity contribution in [1.29, 1.82) is 0 Å². The van der Waals surface area contributed by atoms with E-state index in [2.05, 4.69) is 21.4 Å². The van der Waals surface area contributed by atoms with Gasteiger partial charge in [-0.15, -0.1) is 0 Å². The van der Waals surface area contributed by atoms with Crippen molar-refractivity contribution in [1.82, 2.24) is 19.9 Å². The lowest BCUT2D eigenvalue weighted by Crippen LogP contribution is -2.32. The summed E-state index contributed by atoms with van der Waals surface area (Å²) in [5, 5.41) is 5.37. The van der Waals surface area contributed by atoms with Crippen molar-refractivity contribution in [3.05, 3.63) is 65.2 Å². The molecule has 0 aliphatic carbocycles. The van der Waals surface area contributed by atoms with Gasteiger partial charge in [0.05, 0.1) is 11.0 Å². The predicted molar refractivity (Wildman–Crippen MR) is 117 cm³/mol. The van der Waals surface area contributed by atoms with E-state index in [1.807, 2.05) is 35.0 Å². The van der Waals surface area contributed by atoms with Gasteiger partial charge in [-0.3, -0.25) is 9.78 Å². The van der Waals surface area contributed by atoms with Gasteiger partial charge < -0.3 is 15.6 Å². The van der Waals surface area contributed by atoms with Crippen molar-refractivity contribution in [2.75, 3.05) is 18.8 Å². The Bertz CT molecular complexity index is 1240. The molecule has 1 aliphatic rings. The number of nitrogens with zero attached hydrogens (tertiary/aromatic N) is 3. The first-order valence-corrected chi connectivity index (χ1v) is 10.0. The van der Waals surface area contributed by atoms with E-state index >= 15 is 0 Å². The van der Waals surface area contributed by atoms with E-state index in [4.69, 9.17) is 5.73 Å². The zero-order valence-electron chi connectivity index (χ0n) is 16.1. The number of anilines is 1. The second-order valence-electron chi connectivity index (χ2n) is 7.74. The summed E-state index contributed by atoms with van der Waals surface area (Å²) in [4.78, 5) is 21.7. The van der Waals surface area contributed by atoms with Crippen LogP contribution in [-0.2, 0) is 6.54 Å². The van der Waals surface area contributed by atoms with Gasteiger partial charge >= 0.3 is 0 Å². The van der Waals surface area contributed by atoms with Crippen LogP contribution in [0.2, 0.25) is 0 Å². The van der Waals surface area contributed by atoms with Crippen molar-refractivity contribution in [3.8, 4) is 11.1 Å². The van der Waals surface area contributed by atoms with Gasteiger partial charge in [-0.05, 0) is 67.7 Å². The first-order valence-electron chi connectivity index (χ1n) is 10.0. The molecule has 0 atom stereocenters. The fourth-order valence-corrected chi connectivity index (χ4v) is 4.24. The highest BCUT2D eigenvalue weighted by Gasteiger charge is 2.17. The van der Waals surface area contributed by atoms with Gasteiger partial charge in [-0.1, -0.05) is 6.07 Å². The van der Waals surface area contributed by atoms with Gasteiger partial charge in [0.1, 0.15) is 5.82 Å². The van der Waals surface area contributed by atoms with E-state index in [9.17, 15) is 4.79 Å². The molecule has 6 heteroatoms. The van der Waals surface area contributed by atoms with Gasteiger partial charge in [0.25, 0.3) is 5.56 Å². The lowest BCUT2D eigenvalue weighted by molar-refractivity contribution is 0.334. The first-order chi connectivity index (χ1) is 14.2. The van der Waals surface area contributed by atoms with Gasteiger partial charge in [0, 0.05) is 41.3 Å². The van der Waals surface area contributed by atoms with Crippen LogP contribution in [0.15, 0.2) is 59.7 Å². The van der Waals surface area contributed by atoms with Gasteiger partial charge in [0.2, 0.25) is 0 Å². The average molecular weight is 385 g/mol. The Morgan fingerprint density at radius 1 is 1.00 bits per heavy atom. The van der Waals surface area contributed by atoms with E-state index in [1.54, 1.807) is 18.3 Å². The van der Waals surface area contributed by atoms with E-state index in [1.165, 1.54) is 0 Å². The largest absolute Gasteiger partial charge is 0.384 e. The molecule has 29 heavy (non-hydrogen) atoms. The van der Waals surface area contributed by atoms with Crippen LogP contribution in [-0.4, -0.2) is 27.6 Å². The van der Waals surface area contributed by atoms with E-state index in [0.29, 0.717) is 11.7 Å². The predicted octanol–water partition coefficient (Wildman–Crippen LogP) is 3.19. The molecule has 1 aromatic carbocycles. The van der Waals surface area contributed by atoms with E-state index in [0.717, 1.165) is 65.4 Å². The molecule has 0 saturated carbocycles. The van der Waals surface area contributed by atoms with Crippen molar-refractivity contribution in [3.63, 3.8) is 0 Å². The summed E-state index contributed by atoms with van der Waals surface area (Å²) in [7, 11) is 0. The molecule has 0 radical (unpaired) electrons. The number of hydrogen-bond acceptors (Lipinski definition) is 5. The molecule has 3 aromatic heterocycles. The van der Waals surface area contributed by atoms with Crippen LogP contribution in [0, 0.1) is 5.92 Å². The molecule has 0 spiro atoms. The third kappa shape index (κ3) is 3.36. The van der Waals surface area contributed by atoms with Gasteiger partial charge in [-0.2, -0.15) is 0 Å². The molecule has 4 aromatic rings. The number of benzene rings is 1. The molecule has 0 bridgehead atoms. The highest BCUT2D eigenvalue weighted by molar-refractivity contribution is 6.04. The fraction of sp³-hybridized carbons (Fsp3) is 0.261. The average Bonchev–Trinajstić information content (AvgIpc) is 2.76. The van der Waals surface area contributed by atoms with Crippen LogP contribution in [0.4, 0.5) is 5.82 Å². The molecular weight excluding hydrogens is 362 g/mol. The summed E-state index contributed by atoms with van der Waals surface area (Å²) in [6.45, 7) is 2.77. The van der Waals surface area contributed by atoms with Crippen LogP contribution < -0.4 is 16.6 Å². The van der Waals surface area contributed by atoms with E-state index < -0.39 is 0 Å². The summed E-state index contributed by atoms with van der Waals surface area (Å²) in [6.07, 6.45) is 5.82. The van der Waals surface area contributed by atoms with Crippen LogP contribution in [0.3, 0.4) is 0 Å². The molecule has 1 fully saturated rings. The number of nitrogen functional groups attached to an aromatic ring is 1. The van der Waals surface area contributed by atoms with E-state index in [-0.39, 0.29) is 5.56 Å². The zero-order valence-corrected chi connectivity index (χ0v) is 16.1. The van der Waals surface area contributed by atoms with Crippen molar-refractivity contribution in [2.45, 2.75) is 19.4 Å². The second kappa shape index (κ2) is 7.29. The topological polar surface area (TPSA) is 85.8 Å². The second-order valence-corrected chi connectivity index (χ2v) is 7.74. The third-order valence-electron chi connectivity index (χ3n) is 5.83. The lowest BCUT2D eigenvalue weighted by Gasteiger charge is -2.24. The number of piperidine rings is 1. The Kier molecular flexibility index (Phi) is 4.48. The number of hydrogen-bond donors (Lipinski definition) is 2. The Morgan fingerprint density at radius 3 is 2.62 bits per heavy atom. The highest BCUT2D eigenvalue weighted by atomic mass is 16.1. The maximum Gasteiger partial charge on any atom is 0.251 e. The summed E-state index contributed by atoms with van der Waals surface area (Å²) in [5.74, 6) is 1.00. The maximum atomic E-state index is 12.8. The number of rotatable bonds is 3. The molecule has 0 unspecified atom stereocenters. The molecule has 4 heterocycles. The number of nitrogens with one attached hydrogen (secondary N) is 1. The molecule has 0 amide bonds. The third-order valence-corrected chi connectivity index (χ3v) is 5.83. The van der Waals surface area contributed by atoms with Crippen LogP contribution in [0.1, 0.15) is 12.8 Å². The van der Waals surface area contributed by atoms with Gasteiger partial charge in [0.15, 0.2) is 0 Å². The minimum Gasteiger partial charge on any atom is -0.384 e. The molecule has 5 rings (SSSR count). The smallest absolute Gasteiger partial charge is 0.251 e. The molecule has 146 valence electrons. The van der Waals surface area contributed by atoms with Crippen molar-refractivity contribution >= 4 is 27.6 Å². The fourth-order valence-electron chi connectivity index (χ4n) is 4.24. The minimum absolute atomic E-state index is 0.0445. The Balaban J connectivity index is 1.71. The molecule has 3 N–H and O–H groups in total. The number of fused-ring (bicyclic) bond motifs is 3. The number of aromatic nitrogens is 3. The lowest BCUT2D eigenvalue weighted by atomic mass is 9.97. The standard InChI is InChI=1S/C23H23N5O/c24-21-5-2-17(12-27-21)16-1-4-20-19(11-16)23-18(13-26-20)3-6-22(29)28(23)14-15-7-9-25-10-8-15/h1-6,11-13,15,25H,7-10,14H2,(H2,24,27). The van der Waals surface area contributed by atoms with Crippen molar-refractivity contribution < 1.29 is 0 Å². The number of nitrogens with two attached hydrogens (primary N) is 1. The summed E-state index contributed by atoms with van der Waals surface area (Å²) in [5.41, 5.74) is 9.64. The van der Waals surface area contributed by atoms with Crippen molar-refractivity contribution in [2.24, 2.45) is 5.92 Å². The molecule has 1 aliphatic heterocycles. The Morgan fingerprint density at radius 2 is 1.83 bits per heavy atom. The van der Waals surface area contributed by atoms with Crippen LogP contribution >= 0.6 is 0 Å². The Hall–Kier alpha value is -3.25. The van der Waals surface area contributed by atoms with Crippen LogP contribution in [0.5, 0.6) is 0 Å². The molecular formula is C23H23N5O. The SMILES string of the molecule is Nc1ccc(-c2ccc3ncc4ccc(=O)n(CC5CCNCC5)c4c3c2)cn1. The first kappa shape index (κ1) is 17.8. The quantitative estimate of drug-likeness (QED) is 0.529. The molecule has 6 nitrogen and oxygen atoms in total. The molecule has 1 saturated heterocycles.